The van der Waals surface area contributed by atoms with Crippen LogP contribution in [-0.2, 0) is 11.3 Å². The predicted octanol–water partition coefficient (Wildman–Crippen LogP) is 1.96. The summed E-state index contributed by atoms with van der Waals surface area (Å²) >= 11 is 0. The maximum absolute atomic E-state index is 5.98. The van der Waals surface area contributed by atoms with Crippen LogP contribution in [0.25, 0.3) is 0 Å². The minimum atomic E-state index is 0. The number of hydrogen-bond acceptors (Lipinski definition) is 5. The summed E-state index contributed by atoms with van der Waals surface area (Å²) in [6.07, 6.45) is 5.24. The Bertz CT molecular complexity index is 510. The predicted molar refractivity (Wildman–Crippen MR) is 97.9 cm³/mol. The van der Waals surface area contributed by atoms with Crippen molar-refractivity contribution in [1.82, 2.24) is 20.4 Å². The van der Waals surface area contributed by atoms with Crippen molar-refractivity contribution < 1.29 is 9.26 Å². The number of ether oxygens (including phenoxy) is 1. The SMILES string of the molecule is CN=C(NCc1noc(C)n1)N1CCC(OCC2CC2)CC1.I. The summed E-state index contributed by atoms with van der Waals surface area (Å²) in [4.78, 5) is 10.8. The van der Waals surface area contributed by atoms with Gasteiger partial charge in [-0.1, -0.05) is 5.16 Å². The van der Waals surface area contributed by atoms with Gasteiger partial charge in [0.05, 0.1) is 12.6 Å². The Hall–Kier alpha value is -0.900. The first-order valence-corrected chi connectivity index (χ1v) is 8.11. The molecule has 0 aromatic carbocycles. The van der Waals surface area contributed by atoms with E-state index < -0.39 is 0 Å². The van der Waals surface area contributed by atoms with E-state index in [1.165, 1.54) is 12.8 Å². The van der Waals surface area contributed by atoms with Crippen molar-refractivity contribution in [2.75, 3.05) is 26.7 Å². The zero-order valence-corrected chi connectivity index (χ0v) is 16.2. The van der Waals surface area contributed by atoms with Crippen LogP contribution in [0.2, 0.25) is 0 Å². The van der Waals surface area contributed by atoms with Crippen LogP contribution in [0, 0.1) is 12.8 Å². The van der Waals surface area contributed by atoms with E-state index in [2.05, 4.69) is 25.3 Å². The van der Waals surface area contributed by atoms with Crippen LogP contribution in [0.5, 0.6) is 0 Å². The van der Waals surface area contributed by atoms with E-state index in [-0.39, 0.29) is 24.0 Å². The van der Waals surface area contributed by atoms with Crippen LogP contribution in [0.3, 0.4) is 0 Å². The summed E-state index contributed by atoms with van der Waals surface area (Å²) in [7, 11) is 1.81. The standard InChI is InChI=1S/C15H25N5O2.HI/c1-11-18-14(19-22-11)9-17-15(16-2)20-7-5-13(6-8-20)21-10-12-3-4-12;/h12-13H,3-10H2,1-2H3,(H,16,17);1H. The van der Waals surface area contributed by atoms with E-state index in [4.69, 9.17) is 9.26 Å². The highest BCUT2D eigenvalue weighted by Crippen LogP contribution is 2.30. The maximum atomic E-state index is 5.98. The number of aryl methyl sites for hydroxylation is 1. The molecular weight excluding hydrogens is 409 g/mol. The highest BCUT2D eigenvalue weighted by Gasteiger charge is 2.26. The average Bonchev–Trinajstić information content (AvgIpc) is 3.28. The molecule has 1 aliphatic heterocycles. The zero-order valence-electron chi connectivity index (χ0n) is 13.8. The molecule has 2 fully saturated rings. The van der Waals surface area contributed by atoms with Gasteiger partial charge in [0.2, 0.25) is 5.89 Å². The number of aliphatic imine (C=N–C) groups is 1. The third-order valence-corrected chi connectivity index (χ3v) is 4.19. The highest BCUT2D eigenvalue weighted by atomic mass is 127. The lowest BCUT2D eigenvalue weighted by molar-refractivity contribution is 0.0131. The fraction of sp³-hybridized carbons (Fsp3) is 0.800. The number of nitrogens with zero attached hydrogens (tertiary/aromatic N) is 4. The highest BCUT2D eigenvalue weighted by molar-refractivity contribution is 14.0. The molecule has 0 bridgehead atoms. The second-order valence-electron chi connectivity index (χ2n) is 6.09. The molecule has 1 saturated heterocycles. The molecular formula is C15H26IN5O2. The van der Waals surface area contributed by atoms with Gasteiger partial charge in [0.15, 0.2) is 11.8 Å². The Kier molecular flexibility index (Phi) is 7.07. The fourth-order valence-electron chi connectivity index (χ4n) is 2.69. The Balaban J connectivity index is 0.00000192. The summed E-state index contributed by atoms with van der Waals surface area (Å²) < 4.78 is 11.0. The molecule has 0 amide bonds. The van der Waals surface area contributed by atoms with Crippen molar-refractivity contribution in [3.05, 3.63) is 11.7 Å². The molecule has 1 aromatic rings. The third kappa shape index (κ3) is 5.59. The van der Waals surface area contributed by atoms with Crippen LogP contribution in [0.15, 0.2) is 9.52 Å². The molecule has 8 heteroatoms. The molecule has 130 valence electrons. The normalized spacial score (nSPS) is 19.6. The molecule has 0 radical (unpaired) electrons. The Morgan fingerprint density at radius 3 is 2.65 bits per heavy atom. The summed E-state index contributed by atoms with van der Waals surface area (Å²) in [5.74, 6) is 2.97. The monoisotopic (exact) mass is 435 g/mol. The Labute approximate surface area is 154 Å². The van der Waals surface area contributed by atoms with Crippen molar-refractivity contribution in [3.63, 3.8) is 0 Å². The second kappa shape index (κ2) is 8.81. The number of guanidine groups is 1. The van der Waals surface area contributed by atoms with Gasteiger partial charge in [0.25, 0.3) is 0 Å². The first-order chi connectivity index (χ1) is 10.7. The van der Waals surface area contributed by atoms with Gasteiger partial charge in [-0.15, -0.1) is 24.0 Å². The lowest BCUT2D eigenvalue weighted by atomic mass is 10.1. The van der Waals surface area contributed by atoms with Gasteiger partial charge in [-0.05, 0) is 31.6 Å². The average molecular weight is 435 g/mol. The molecule has 1 aromatic heterocycles. The summed E-state index contributed by atoms with van der Waals surface area (Å²) in [6.45, 7) is 5.22. The van der Waals surface area contributed by atoms with Crippen LogP contribution in [0.4, 0.5) is 0 Å². The maximum Gasteiger partial charge on any atom is 0.223 e. The topological polar surface area (TPSA) is 75.8 Å². The number of nitrogens with one attached hydrogen (secondary N) is 1. The first-order valence-electron chi connectivity index (χ1n) is 8.11. The van der Waals surface area contributed by atoms with E-state index in [1.54, 1.807) is 14.0 Å². The molecule has 0 atom stereocenters. The molecule has 0 unspecified atom stereocenters. The number of piperidine rings is 1. The van der Waals surface area contributed by atoms with E-state index in [9.17, 15) is 0 Å². The van der Waals surface area contributed by atoms with E-state index in [0.717, 1.165) is 44.4 Å². The largest absolute Gasteiger partial charge is 0.378 e. The molecule has 1 aliphatic carbocycles. The van der Waals surface area contributed by atoms with Gasteiger partial charge < -0.3 is 19.5 Å². The van der Waals surface area contributed by atoms with Crippen LogP contribution < -0.4 is 5.32 Å². The lowest BCUT2D eigenvalue weighted by Gasteiger charge is -2.34. The molecule has 23 heavy (non-hydrogen) atoms. The number of halogens is 1. The second-order valence-corrected chi connectivity index (χ2v) is 6.09. The smallest absolute Gasteiger partial charge is 0.223 e. The Morgan fingerprint density at radius 2 is 2.09 bits per heavy atom. The first kappa shape index (κ1) is 18.4. The van der Waals surface area contributed by atoms with Gasteiger partial charge in [-0.25, -0.2) is 0 Å². The summed E-state index contributed by atoms with van der Waals surface area (Å²) in [5.41, 5.74) is 0. The number of likely N-dealkylation sites (tertiary alicyclic amines) is 1. The third-order valence-electron chi connectivity index (χ3n) is 4.19. The quantitative estimate of drug-likeness (QED) is 0.433. The molecule has 7 nitrogen and oxygen atoms in total. The van der Waals surface area contributed by atoms with E-state index in [1.807, 2.05) is 0 Å². The van der Waals surface area contributed by atoms with Crippen LogP contribution in [0.1, 0.15) is 37.4 Å². The van der Waals surface area contributed by atoms with Crippen LogP contribution >= 0.6 is 24.0 Å². The minimum absolute atomic E-state index is 0. The van der Waals surface area contributed by atoms with E-state index >= 15 is 0 Å². The molecule has 2 aliphatic rings. The van der Waals surface area contributed by atoms with Gasteiger partial charge in [0.1, 0.15) is 0 Å². The van der Waals surface area contributed by atoms with Crippen molar-refractivity contribution >= 4 is 29.9 Å². The van der Waals surface area contributed by atoms with Gasteiger partial charge >= 0.3 is 0 Å². The van der Waals surface area contributed by atoms with Gasteiger partial charge in [-0.3, -0.25) is 4.99 Å². The van der Waals surface area contributed by atoms with Crippen LogP contribution in [-0.4, -0.2) is 53.8 Å². The molecule has 2 heterocycles. The van der Waals surface area contributed by atoms with Gasteiger partial charge in [0, 0.05) is 33.7 Å². The van der Waals surface area contributed by atoms with Gasteiger partial charge in [-0.2, -0.15) is 4.98 Å². The number of aromatic nitrogens is 2. The van der Waals surface area contributed by atoms with Crippen molar-refractivity contribution in [2.24, 2.45) is 10.9 Å². The lowest BCUT2D eigenvalue weighted by Crippen LogP contribution is -2.46. The number of rotatable bonds is 5. The van der Waals surface area contributed by atoms with Crippen molar-refractivity contribution in [1.29, 1.82) is 0 Å². The van der Waals surface area contributed by atoms with E-state index in [0.29, 0.717) is 24.4 Å². The number of hydrogen-bond donors (Lipinski definition) is 1. The minimum Gasteiger partial charge on any atom is -0.378 e. The summed E-state index contributed by atoms with van der Waals surface area (Å²) in [5, 5.41) is 7.18. The molecule has 1 saturated carbocycles. The van der Waals surface area contributed by atoms with Crippen molar-refractivity contribution in [3.8, 4) is 0 Å². The van der Waals surface area contributed by atoms with Crippen molar-refractivity contribution in [2.45, 2.75) is 45.3 Å². The molecule has 0 spiro atoms. The molecule has 3 rings (SSSR count). The molecule has 1 N–H and O–H groups in total. The fourth-order valence-corrected chi connectivity index (χ4v) is 2.69. The zero-order chi connectivity index (χ0) is 15.4. The summed E-state index contributed by atoms with van der Waals surface area (Å²) in [6, 6.07) is 0. The Morgan fingerprint density at radius 1 is 1.35 bits per heavy atom.